The molecule has 146 valence electrons. The minimum absolute atomic E-state index is 0. The molecule has 0 saturated carbocycles. The van der Waals surface area contributed by atoms with Crippen molar-refractivity contribution in [2.24, 2.45) is 0 Å². The fourth-order valence-electron chi connectivity index (χ4n) is 3.89. The zero-order valence-electron chi connectivity index (χ0n) is 15.0. The molecule has 0 unspecified atom stereocenters. The van der Waals surface area contributed by atoms with Crippen LogP contribution in [0.2, 0.25) is 0 Å². The number of halogens is 2. The maximum Gasteiger partial charge on any atom is 0.239 e. The molecule has 0 radical (unpaired) electrons. The average Bonchev–Trinajstić information content (AvgIpc) is 3.03. The Morgan fingerprint density at radius 2 is 1.52 bits per heavy atom. The minimum Gasteiger partial charge on any atom is -0.342 e. The van der Waals surface area contributed by atoms with Crippen LogP contribution in [-0.4, -0.2) is 84.9 Å². The molecular formula is C17H32Cl2N4O2. The largest absolute Gasteiger partial charge is 0.342 e. The van der Waals surface area contributed by atoms with Crippen LogP contribution in [0.1, 0.15) is 38.5 Å². The van der Waals surface area contributed by atoms with E-state index in [9.17, 15) is 9.59 Å². The first-order valence-corrected chi connectivity index (χ1v) is 9.26. The van der Waals surface area contributed by atoms with Crippen LogP contribution in [0.25, 0.3) is 0 Å². The van der Waals surface area contributed by atoms with Gasteiger partial charge in [-0.25, -0.2) is 0 Å². The maximum absolute atomic E-state index is 12.6. The van der Waals surface area contributed by atoms with E-state index < -0.39 is 0 Å². The highest BCUT2D eigenvalue weighted by Crippen LogP contribution is 2.13. The predicted molar refractivity (Wildman–Crippen MR) is 104 cm³/mol. The fourth-order valence-corrected chi connectivity index (χ4v) is 3.89. The van der Waals surface area contributed by atoms with Crippen molar-refractivity contribution in [2.45, 2.75) is 44.6 Å². The van der Waals surface area contributed by atoms with Gasteiger partial charge in [0.2, 0.25) is 11.8 Å². The first-order valence-electron chi connectivity index (χ1n) is 9.26. The number of hydrogen-bond acceptors (Lipinski definition) is 4. The van der Waals surface area contributed by atoms with Gasteiger partial charge in [-0.3, -0.25) is 14.5 Å². The molecular weight excluding hydrogens is 363 g/mol. The van der Waals surface area contributed by atoms with Crippen LogP contribution < -0.4 is 5.32 Å². The quantitative estimate of drug-likeness (QED) is 0.779. The van der Waals surface area contributed by atoms with Gasteiger partial charge >= 0.3 is 0 Å². The number of carbonyl (C=O) groups is 2. The van der Waals surface area contributed by atoms with Crippen molar-refractivity contribution in [1.82, 2.24) is 20.0 Å². The Hall–Kier alpha value is -0.560. The van der Waals surface area contributed by atoms with Crippen molar-refractivity contribution < 1.29 is 9.59 Å². The Labute approximate surface area is 163 Å². The number of nitrogens with one attached hydrogen (secondary N) is 1. The number of amides is 2. The lowest BCUT2D eigenvalue weighted by molar-refractivity contribution is -0.133. The Balaban J connectivity index is 0.00000156. The van der Waals surface area contributed by atoms with E-state index in [-0.39, 0.29) is 42.7 Å². The van der Waals surface area contributed by atoms with Gasteiger partial charge in [0.25, 0.3) is 0 Å². The maximum atomic E-state index is 12.6. The van der Waals surface area contributed by atoms with Crippen molar-refractivity contribution in [2.75, 3.05) is 52.4 Å². The van der Waals surface area contributed by atoms with Crippen LogP contribution in [0.15, 0.2) is 0 Å². The highest BCUT2D eigenvalue weighted by molar-refractivity contribution is 5.85. The Kier molecular flexibility index (Phi) is 10.1. The SMILES string of the molecule is Cl.Cl.O=C(CN1CCCN(C(=O)[C@H]2CCCCN2)CC1)N1CCCC1. The topological polar surface area (TPSA) is 55.9 Å². The summed E-state index contributed by atoms with van der Waals surface area (Å²) in [5.74, 6) is 0.522. The second kappa shape index (κ2) is 11.2. The molecule has 25 heavy (non-hydrogen) atoms. The van der Waals surface area contributed by atoms with E-state index in [2.05, 4.69) is 10.2 Å². The van der Waals surface area contributed by atoms with E-state index in [0.717, 1.165) is 77.9 Å². The molecule has 1 atom stereocenters. The zero-order valence-corrected chi connectivity index (χ0v) is 16.6. The smallest absolute Gasteiger partial charge is 0.239 e. The van der Waals surface area contributed by atoms with Gasteiger partial charge in [0.1, 0.15) is 0 Å². The van der Waals surface area contributed by atoms with Gasteiger partial charge in [-0.05, 0) is 38.6 Å². The molecule has 0 aromatic heterocycles. The first-order chi connectivity index (χ1) is 11.2. The molecule has 0 aromatic rings. The third kappa shape index (κ3) is 6.27. The number of carbonyl (C=O) groups excluding carboxylic acids is 2. The van der Waals surface area contributed by atoms with Crippen LogP contribution in [-0.2, 0) is 9.59 Å². The van der Waals surface area contributed by atoms with Crippen LogP contribution in [0, 0.1) is 0 Å². The predicted octanol–water partition coefficient (Wildman–Crippen LogP) is 1.13. The molecule has 2 amide bonds. The van der Waals surface area contributed by atoms with E-state index in [1.54, 1.807) is 0 Å². The number of hydrogen-bond donors (Lipinski definition) is 1. The van der Waals surface area contributed by atoms with E-state index >= 15 is 0 Å². The highest BCUT2D eigenvalue weighted by Gasteiger charge is 2.28. The molecule has 1 N–H and O–H groups in total. The van der Waals surface area contributed by atoms with Gasteiger partial charge < -0.3 is 15.1 Å². The number of piperidine rings is 1. The van der Waals surface area contributed by atoms with Gasteiger partial charge in [0, 0.05) is 39.3 Å². The van der Waals surface area contributed by atoms with Crippen molar-refractivity contribution in [3.8, 4) is 0 Å². The average molecular weight is 395 g/mol. The van der Waals surface area contributed by atoms with Gasteiger partial charge in [0.05, 0.1) is 12.6 Å². The normalized spacial score (nSPS) is 24.9. The monoisotopic (exact) mass is 394 g/mol. The molecule has 0 bridgehead atoms. The molecule has 3 aliphatic heterocycles. The standard InChI is InChI=1S/C17H30N4O2.2ClH/c22-16(20-9-3-4-10-20)14-19-8-5-11-21(13-12-19)17(23)15-6-1-2-7-18-15;;/h15,18H,1-14H2;2*1H/t15-;;/m1../s1. The Bertz CT molecular complexity index is 427. The molecule has 3 aliphatic rings. The van der Waals surface area contributed by atoms with Crippen molar-refractivity contribution in [3.63, 3.8) is 0 Å². The number of rotatable bonds is 3. The van der Waals surface area contributed by atoms with Gasteiger partial charge in [-0.1, -0.05) is 6.42 Å². The third-order valence-corrected chi connectivity index (χ3v) is 5.33. The molecule has 0 spiro atoms. The molecule has 0 aromatic carbocycles. The highest BCUT2D eigenvalue weighted by atomic mass is 35.5. The lowest BCUT2D eigenvalue weighted by Crippen LogP contribution is -2.49. The number of likely N-dealkylation sites (tertiary alicyclic amines) is 1. The Morgan fingerprint density at radius 1 is 0.800 bits per heavy atom. The van der Waals surface area contributed by atoms with Crippen molar-refractivity contribution >= 4 is 36.6 Å². The van der Waals surface area contributed by atoms with Gasteiger partial charge in [-0.15, -0.1) is 24.8 Å². The minimum atomic E-state index is 0. The molecule has 0 aliphatic carbocycles. The summed E-state index contributed by atoms with van der Waals surface area (Å²) in [6, 6.07) is 0.0153. The van der Waals surface area contributed by atoms with E-state index in [1.165, 1.54) is 6.42 Å². The van der Waals surface area contributed by atoms with Crippen LogP contribution >= 0.6 is 24.8 Å². The molecule has 3 saturated heterocycles. The van der Waals surface area contributed by atoms with Crippen molar-refractivity contribution in [3.05, 3.63) is 0 Å². The van der Waals surface area contributed by atoms with E-state index in [4.69, 9.17) is 0 Å². The zero-order chi connectivity index (χ0) is 16.1. The lowest BCUT2D eigenvalue weighted by Gasteiger charge is -2.29. The van der Waals surface area contributed by atoms with Crippen LogP contribution in [0.4, 0.5) is 0 Å². The van der Waals surface area contributed by atoms with Gasteiger partial charge in [0.15, 0.2) is 0 Å². The summed E-state index contributed by atoms with van der Waals surface area (Å²) in [6.45, 7) is 6.63. The third-order valence-electron chi connectivity index (χ3n) is 5.33. The summed E-state index contributed by atoms with van der Waals surface area (Å²) >= 11 is 0. The van der Waals surface area contributed by atoms with Crippen molar-refractivity contribution in [1.29, 1.82) is 0 Å². The molecule has 8 heteroatoms. The van der Waals surface area contributed by atoms with E-state index in [1.807, 2.05) is 9.80 Å². The van der Waals surface area contributed by atoms with Crippen LogP contribution in [0.5, 0.6) is 0 Å². The summed E-state index contributed by atoms with van der Waals surface area (Å²) < 4.78 is 0. The summed E-state index contributed by atoms with van der Waals surface area (Å²) in [5.41, 5.74) is 0. The van der Waals surface area contributed by atoms with Crippen LogP contribution in [0.3, 0.4) is 0 Å². The summed E-state index contributed by atoms with van der Waals surface area (Å²) in [7, 11) is 0. The summed E-state index contributed by atoms with van der Waals surface area (Å²) in [6.07, 6.45) is 6.53. The molecule has 3 fully saturated rings. The van der Waals surface area contributed by atoms with E-state index in [0.29, 0.717) is 6.54 Å². The summed E-state index contributed by atoms with van der Waals surface area (Å²) in [5, 5.41) is 3.35. The first kappa shape index (κ1) is 22.5. The molecule has 3 heterocycles. The van der Waals surface area contributed by atoms with Gasteiger partial charge in [-0.2, -0.15) is 0 Å². The molecule has 6 nitrogen and oxygen atoms in total. The fraction of sp³-hybridized carbons (Fsp3) is 0.882. The second-order valence-corrected chi connectivity index (χ2v) is 7.05. The lowest BCUT2D eigenvalue weighted by atomic mass is 10.0. The second-order valence-electron chi connectivity index (χ2n) is 7.05. The molecule has 3 rings (SSSR count). The number of nitrogens with zero attached hydrogens (tertiary/aromatic N) is 3. The Morgan fingerprint density at radius 3 is 2.20 bits per heavy atom. The summed E-state index contributed by atoms with van der Waals surface area (Å²) in [4.78, 5) is 31.1.